The summed E-state index contributed by atoms with van der Waals surface area (Å²) in [6, 6.07) is 63.7. The minimum atomic E-state index is -2.41. The van der Waals surface area contributed by atoms with E-state index in [9.17, 15) is 0 Å². The molecule has 0 atom stereocenters. The van der Waals surface area contributed by atoms with Crippen LogP contribution >= 0.6 is 19.8 Å². The van der Waals surface area contributed by atoms with Gasteiger partial charge in [-0.2, -0.15) is 0 Å². The van der Waals surface area contributed by atoms with Gasteiger partial charge in [0, 0.05) is 0 Å². The van der Waals surface area contributed by atoms with Gasteiger partial charge in [0.05, 0.1) is 0 Å². The van der Waals surface area contributed by atoms with Gasteiger partial charge < -0.3 is 0 Å². The first-order valence-corrected chi connectivity index (χ1v) is 19.6. The summed E-state index contributed by atoms with van der Waals surface area (Å²) in [5, 5.41) is 0. The van der Waals surface area contributed by atoms with Crippen molar-refractivity contribution in [1.82, 2.24) is 19.9 Å². The normalized spacial score (nSPS) is 11.2. The molecule has 8 aromatic rings. The zero-order valence-corrected chi connectivity index (χ0v) is 29.2. The zero-order valence-electron chi connectivity index (χ0n) is 27.1. The molecule has 0 aliphatic rings. The number of hydrogen-bond acceptors (Lipinski definition) is 5. The summed E-state index contributed by atoms with van der Waals surface area (Å²) < 4.78 is 3.56. The van der Waals surface area contributed by atoms with Crippen molar-refractivity contribution >= 4 is 37.0 Å². The first-order valence-electron chi connectivity index (χ1n) is 16.4. The first-order chi connectivity index (χ1) is 24.8. The van der Waals surface area contributed by atoms with Gasteiger partial charge in [-0.25, -0.2) is 0 Å². The van der Waals surface area contributed by atoms with E-state index in [1.54, 1.807) is 12.4 Å². The molecule has 0 unspecified atom stereocenters. The molecule has 2 aromatic heterocycles. The summed E-state index contributed by atoms with van der Waals surface area (Å²) in [6.45, 7) is 0. The predicted octanol–water partition coefficient (Wildman–Crippen LogP) is 11.2. The molecule has 2 heterocycles. The number of aromatic nitrogens is 4. The molecule has 0 amide bonds. The summed E-state index contributed by atoms with van der Waals surface area (Å²) in [6.07, 6.45) is 3.49. The fourth-order valence-corrected chi connectivity index (χ4v) is 11.3. The molecule has 0 radical (unpaired) electrons. The average Bonchev–Trinajstić information content (AvgIpc) is 3.20. The Bertz CT molecular complexity index is 2180. The van der Waals surface area contributed by atoms with E-state index in [0.717, 1.165) is 32.0 Å². The van der Waals surface area contributed by atoms with Crippen LogP contribution in [0.2, 0.25) is 0 Å². The second kappa shape index (κ2) is 14.6. The van der Waals surface area contributed by atoms with Crippen LogP contribution in [0.3, 0.4) is 0 Å². The van der Waals surface area contributed by atoms with Gasteiger partial charge in [-0.15, -0.1) is 0 Å². The van der Waals surface area contributed by atoms with Crippen molar-refractivity contribution in [2.75, 3.05) is 4.90 Å². The molecule has 50 heavy (non-hydrogen) atoms. The topological polar surface area (TPSA) is 54.8 Å². The molecule has 0 N–H and O–H groups in total. The molecule has 0 saturated heterocycles. The fraction of sp³-hybridized carbons (Fsp3) is 0. The summed E-state index contributed by atoms with van der Waals surface area (Å²) in [7, 11) is 0. The van der Waals surface area contributed by atoms with E-state index < -0.39 is 19.8 Å². The number of nitrogens with zero attached hydrogens (tertiary/aromatic N) is 5. The second-order valence-corrected chi connectivity index (χ2v) is 16.7. The van der Waals surface area contributed by atoms with Crippen LogP contribution in [-0.2, 0) is 0 Å². The van der Waals surface area contributed by atoms with E-state index in [0.29, 0.717) is 11.6 Å². The van der Waals surface area contributed by atoms with Crippen molar-refractivity contribution in [3.8, 4) is 33.9 Å². The van der Waals surface area contributed by atoms with Crippen molar-refractivity contribution in [1.29, 1.82) is 0 Å². The van der Waals surface area contributed by atoms with Crippen LogP contribution in [0.25, 0.3) is 33.9 Å². The molecule has 0 bridgehead atoms. The summed E-state index contributed by atoms with van der Waals surface area (Å²) in [5.41, 5.74) is 6.64. The maximum absolute atomic E-state index is 5.30. The van der Waals surface area contributed by atoms with Gasteiger partial charge in [0.2, 0.25) is 0 Å². The molecule has 5 nitrogen and oxygen atoms in total. The maximum atomic E-state index is 5.30. The van der Waals surface area contributed by atoms with Crippen LogP contribution in [0.4, 0.5) is 17.2 Å². The Morgan fingerprint density at radius 3 is 1.56 bits per heavy atom. The molecule has 8 rings (SSSR count). The van der Waals surface area contributed by atoms with Gasteiger partial charge >= 0.3 is 301 Å². The Hall–Kier alpha value is -5.99. The van der Waals surface area contributed by atoms with Crippen LogP contribution in [0, 0.1) is 10.8 Å². The Morgan fingerprint density at radius 1 is 0.380 bits per heavy atom. The second-order valence-electron chi connectivity index (χ2n) is 11.5. The molecule has 0 fully saturated rings. The van der Waals surface area contributed by atoms with E-state index in [1.807, 2.05) is 18.2 Å². The summed E-state index contributed by atoms with van der Waals surface area (Å²) >= 11 is -2.41. The quantitative estimate of drug-likeness (QED) is 0.108. The predicted molar refractivity (Wildman–Crippen MR) is 212 cm³/mol. The first kappa shape index (κ1) is 31.3. The van der Waals surface area contributed by atoms with Crippen LogP contribution in [0.1, 0.15) is 0 Å². The third-order valence-corrected chi connectivity index (χ3v) is 13.7. The Labute approximate surface area is 299 Å². The van der Waals surface area contributed by atoms with E-state index in [-0.39, 0.29) is 0 Å². The van der Waals surface area contributed by atoms with Crippen LogP contribution in [0.5, 0.6) is 0 Å². The average molecular weight is 758 g/mol. The van der Waals surface area contributed by atoms with Gasteiger partial charge in [0.15, 0.2) is 0 Å². The molecule has 6 heteroatoms. The van der Waals surface area contributed by atoms with Crippen molar-refractivity contribution in [3.05, 3.63) is 205 Å². The summed E-state index contributed by atoms with van der Waals surface area (Å²) in [4.78, 5) is 21.9. The van der Waals surface area contributed by atoms with Crippen molar-refractivity contribution in [2.24, 2.45) is 0 Å². The molecule has 6 aromatic carbocycles. The van der Waals surface area contributed by atoms with Gasteiger partial charge in [-0.3, -0.25) is 0 Å². The van der Waals surface area contributed by atoms with Crippen molar-refractivity contribution in [2.45, 2.75) is 0 Å². The van der Waals surface area contributed by atoms with Gasteiger partial charge in [0.25, 0.3) is 0 Å². The van der Waals surface area contributed by atoms with E-state index in [1.165, 1.54) is 18.3 Å². The van der Waals surface area contributed by atoms with Crippen molar-refractivity contribution in [3.63, 3.8) is 0 Å². The Kier molecular flexibility index (Phi) is 9.16. The fourth-order valence-electron chi connectivity index (χ4n) is 5.88. The number of anilines is 3. The van der Waals surface area contributed by atoms with E-state index >= 15 is 0 Å². The molecule has 0 aliphatic carbocycles. The molecule has 0 aliphatic heterocycles. The number of para-hydroxylation sites is 1. The molecular weight excluding hydrogens is 725 g/mol. The minimum absolute atomic E-state index is 0.489. The standard InChI is InChI=1S/C44H32IN5/c1-5-16-33(17-6-1)35-20-13-24-38(30-35)45(37-22-9-3-10-23-37)41-32-42(49-44(48-41)43-46-28-15-29-47-43)50(39-25-11-4-12-26-39)40-27-14-21-36(31-40)34-18-7-2-8-19-34/h1-32H. The van der Waals surface area contributed by atoms with Gasteiger partial charge in [-0.1, -0.05) is 0 Å². The van der Waals surface area contributed by atoms with Crippen LogP contribution < -0.4 is 4.90 Å². The van der Waals surface area contributed by atoms with Crippen LogP contribution in [-0.4, -0.2) is 19.9 Å². The van der Waals surface area contributed by atoms with Gasteiger partial charge in [-0.05, 0) is 0 Å². The Balaban J connectivity index is 1.36. The number of hydrogen-bond donors (Lipinski definition) is 0. The third kappa shape index (κ3) is 6.79. The molecule has 0 spiro atoms. The van der Waals surface area contributed by atoms with E-state index in [4.69, 9.17) is 9.97 Å². The SMILES string of the molecule is c1ccc(-c2cccc(N(c3ccccc3)c3cc(I(c4ccccc4)c4cccc(-c5ccccc5)c4)nc(-c4ncccn4)n3)c2)cc1. The molecule has 240 valence electrons. The number of rotatable bonds is 9. The van der Waals surface area contributed by atoms with Crippen molar-refractivity contribution < 1.29 is 0 Å². The zero-order chi connectivity index (χ0) is 33.5. The molecular formula is C44H32IN5. The van der Waals surface area contributed by atoms with Gasteiger partial charge in [0.1, 0.15) is 0 Å². The monoisotopic (exact) mass is 757 g/mol. The number of halogens is 1. The van der Waals surface area contributed by atoms with E-state index in [2.05, 4.69) is 179 Å². The molecule has 0 saturated carbocycles. The van der Waals surface area contributed by atoms with Crippen LogP contribution in [0.15, 0.2) is 194 Å². The summed E-state index contributed by atoms with van der Waals surface area (Å²) in [5.74, 6) is 1.74. The number of benzene rings is 6. The third-order valence-electron chi connectivity index (χ3n) is 8.20. The Morgan fingerprint density at radius 2 is 0.900 bits per heavy atom.